The van der Waals surface area contributed by atoms with Crippen molar-refractivity contribution in [3.63, 3.8) is 0 Å². The standard InChI is InChI=1S/C25H19F4NO3S/c1-3-34(31,32)20-12-17(26)11-19(13-20)33-18-7-4-6-16(10-18)23-15(2)14-30-24-21(23)8-5-9-22(24)25(27,28)29/h4-14H,3H2,1-2H3. The average Bonchev–Trinajstić information content (AvgIpc) is 2.77. The Labute approximate surface area is 193 Å². The molecule has 4 nitrogen and oxygen atoms in total. The summed E-state index contributed by atoms with van der Waals surface area (Å²) in [4.78, 5) is 3.83. The highest BCUT2D eigenvalue weighted by Crippen LogP contribution is 2.39. The lowest BCUT2D eigenvalue weighted by atomic mass is 9.95. The molecule has 0 aliphatic heterocycles. The van der Waals surface area contributed by atoms with Gasteiger partial charge in [-0.1, -0.05) is 31.2 Å². The molecule has 0 radical (unpaired) electrons. The third-order valence-corrected chi connectivity index (χ3v) is 7.05. The summed E-state index contributed by atoms with van der Waals surface area (Å²) in [6.07, 6.45) is -3.17. The van der Waals surface area contributed by atoms with E-state index in [2.05, 4.69) is 4.98 Å². The minimum Gasteiger partial charge on any atom is -0.457 e. The van der Waals surface area contributed by atoms with Crippen LogP contribution in [0.2, 0.25) is 0 Å². The molecule has 4 aromatic rings. The Morgan fingerprint density at radius 1 is 0.971 bits per heavy atom. The van der Waals surface area contributed by atoms with E-state index in [0.29, 0.717) is 22.1 Å². The Morgan fingerprint density at radius 3 is 2.41 bits per heavy atom. The number of sulfone groups is 1. The number of pyridine rings is 1. The van der Waals surface area contributed by atoms with E-state index in [9.17, 15) is 26.0 Å². The van der Waals surface area contributed by atoms with Gasteiger partial charge < -0.3 is 4.74 Å². The van der Waals surface area contributed by atoms with E-state index in [1.165, 1.54) is 25.3 Å². The number of halogens is 4. The zero-order chi connectivity index (χ0) is 24.7. The summed E-state index contributed by atoms with van der Waals surface area (Å²) in [6.45, 7) is 3.19. The van der Waals surface area contributed by atoms with Crippen molar-refractivity contribution in [2.75, 3.05) is 5.75 Å². The Morgan fingerprint density at radius 2 is 1.71 bits per heavy atom. The van der Waals surface area contributed by atoms with Gasteiger partial charge in [0.05, 0.1) is 21.7 Å². The van der Waals surface area contributed by atoms with Crippen LogP contribution in [0.4, 0.5) is 17.6 Å². The molecule has 4 rings (SSSR count). The minimum absolute atomic E-state index is 0.0140. The van der Waals surface area contributed by atoms with Gasteiger partial charge in [-0.3, -0.25) is 4.98 Å². The fourth-order valence-corrected chi connectivity index (χ4v) is 4.65. The molecule has 0 aliphatic rings. The molecule has 34 heavy (non-hydrogen) atoms. The van der Waals surface area contributed by atoms with Crippen LogP contribution in [-0.2, 0) is 16.0 Å². The van der Waals surface area contributed by atoms with Crippen LogP contribution in [0.15, 0.2) is 71.8 Å². The summed E-state index contributed by atoms with van der Waals surface area (Å²) in [5.74, 6) is -0.713. The van der Waals surface area contributed by atoms with Crippen molar-refractivity contribution < 1.29 is 30.7 Å². The van der Waals surface area contributed by atoms with Gasteiger partial charge in [0, 0.05) is 17.6 Å². The maximum atomic E-state index is 14.1. The van der Waals surface area contributed by atoms with E-state index in [-0.39, 0.29) is 27.7 Å². The normalized spacial score (nSPS) is 12.2. The molecule has 0 saturated carbocycles. The summed E-state index contributed by atoms with van der Waals surface area (Å²) in [5.41, 5.74) is 0.783. The zero-order valence-corrected chi connectivity index (χ0v) is 19.0. The first-order valence-electron chi connectivity index (χ1n) is 10.3. The molecular formula is C25H19F4NO3S. The van der Waals surface area contributed by atoms with Gasteiger partial charge in [-0.15, -0.1) is 0 Å². The molecule has 0 aliphatic carbocycles. The second kappa shape index (κ2) is 8.72. The summed E-state index contributed by atoms with van der Waals surface area (Å²) in [5, 5.41) is 0.328. The molecule has 176 valence electrons. The van der Waals surface area contributed by atoms with Crippen molar-refractivity contribution >= 4 is 20.7 Å². The number of aromatic nitrogens is 1. The van der Waals surface area contributed by atoms with Gasteiger partial charge in [-0.2, -0.15) is 13.2 Å². The van der Waals surface area contributed by atoms with Gasteiger partial charge in [-0.05, 0) is 53.9 Å². The van der Waals surface area contributed by atoms with E-state index in [4.69, 9.17) is 4.74 Å². The topological polar surface area (TPSA) is 56.3 Å². The molecule has 0 fully saturated rings. The summed E-state index contributed by atoms with van der Waals surface area (Å²) >= 11 is 0. The molecule has 0 amide bonds. The van der Waals surface area contributed by atoms with Gasteiger partial charge >= 0.3 is 6.18 Å². The Hall–Kier alpha value is -3.46. The molecule has 1 heterocycles. The molecule has 9 heteroatoms. The van der Waals surface area contributed by atoms with Crippen LogP contribution < -0.4 is 4.74 Å². The van der Waals surface area contributed by atoms with Gasteiger partial charge in [0.2, 0.25) is 0 Å². The van der Waals surface area contributed by atoms with Crippen molar-refractivity contribution in [3.8, 4) is 22.6 Å². The van der Waals surface area contributed by atoms with Crippen molar-refractivity contribution in [1.29, 1.82) is 0 Å². The van der Waals surface area contributed by atoms with E-state index in [1.807, 2.05) is 0 Å². The highest BCUT2D eigenvalue weighted by Gasteiger charge is 2.33. The minimum atomic E-state index is -4.56. The van der Waals surface area contributed by atoms with Gasteiger partial charge in [0.1, 0.15) is 17.3 Å². The van der Waals surface area contributed by atoms with Crippen molar-refractivity contribution in [3.05, 3.63) is 83.8 Å². The maximum absolute atomic E-state index is 14.1. The van der Waals surface area contributed by atoms with Gasteiger partial charge in [-0.25, -0.2) is 12.8 Å². The number of hydrogen-bond donors (Lipinski definition) is 0. The summed E-state index contributed by atoms with van der Waals surface area (Å²) < 4.78 is 84.6. The largest absolute Gasteiger partial charge is 0.457 e. The zero-order valence-electron chi connectivity index (χ0n) is 18.2. The smallest absolute Gasteiger partial charge is 0.418 e. The highest BCUT2D eigenvalue weighted by atomic mass is 32.2. The number of aryl methyl sites for hydroxylation is 1. The molecule has 1 aromatic heterocycles. The predicted octanol–water partition coefficient (Wildman–Crippen LogP) is 6.95. The van der Waals surface area contributed by atoms with Crippen LogP contribution in [0.5, 0.6) is 11.5 Å². The van der Waals surface area contributed by atoms with E-state index in [1.54, 1.807) is 37.3 Å². The van der Waals surface area contributed by atoms with Crippen molar-refractivity contribution in [2.24, 2.45) is 0 Å². The molecule has 0 N–H and O–H groups in total. The van der Waals surface area contributed by atoms with E-state index >= 15 is 0 Å². The number of nitrogens with zero attached hydrogens (tertiary/aromatic N) is 1. The molecular weight excluding hydrogens is 470 g/mol. The van der Waals surface area contributed by atoms with Gasteiger partial charge in [0.15, 0.2) is 9.84 Å². The lowest BCUT2D eigenvalue weighted by Crippen LogP contribution is -2.07. The number of benzene rings is 3. The SMILES string of the molecule is CCS(=O)(=O)c1cc(F)cc(Oc2cccc(-c3c(C)cnc4c(C(F)(F)F)cccc34)c2)c1. The number of alkyl halides is 3. The first-order chi connectivity index (χ1) is 16.0. The van der Waals surface area contributed by atoms with Gasteiger partial charge in [0.25, 0.3) is 0 Å². The maximum Gasteiger partial charge on any atom is 0.418 e. The fourth-order valence-electron chi connectivity index (χ4n) is 3.73. The molecule has 0 bridgehead atoms. The number of para-hydroxylation sites is 1. The molecule has 0 saturated heterocycles. The average molecular weight is 489 g/mol. The van der Waals surface area contributed by atoms with Crippen molar-refractivity contribution in [1.82, 2.24) is 4.98 Å². The predicted molar refractivity (Wildman–Crippen MR) is 121 cm³/mol. The number of ether oxygens (including phenoxy) is 1. The number of fused-ring (bicyclic) bond motifs is 1. The number of hydrogen-bond acceptors (Lipinski definition) is 4. The monoisotopic (exact) mass is 489 g/mol. The summed E-state index contributed by atoms with van der Waals surface area (Å²) in [6, 6.07) is 13.7. The Balaban J connectivity index is 1.80. The Kier molecular flexibility index (Phi) is 6.07. The van der Waals surface area contributed by atoms with E-state index < -0.39 is 27.4 Å². The lowest BCUT2D eigenvalue weighted by molar-refractivity contribution is -0.136. The van der Waals surface area contributed by atoms with E-state index in [0.717, 1.165) is 18.2 Å². The van der Waals surface area contributed by atoms with Crippen LogP contribution >= 0.6 is 0 Å². The lowest BCUT2D eigenvalue weighted by Gasteiger charge is -2.15. The third-order valence-electron chi connectivity index (χ3n) is 5.33. The Bertz CT molecular complexity index is 1500. The van der Waals surface area contributed by atoms with Crippen molar-refractivity contribution in [2.45, 2.75) is 24.9 Å². The molecule has 3 aromatic carbocycles. The first-order valence-corrected chi connectivity index (χ1v) is 11.9. The third kappa shape index (κ3) is 4.61. The fraction of sp³-hybridized carbons (Fsp3) is 0.160. The highest BCUT2D eigenvalue weighted by molar-refractivity contribution is 7.91. The van der Waals surface area contributed by atoms with Crippen LogP contribution in [-0.4, -0.2) is 19.2 Å². The quantitative estimate of drug-likeness (QED) is 0.285. The van der Waals surface area contributed by atoms with Crippen LogP contribution in [0.3, 0.4) is 0 Å². The van der Waals surface area contributed by atoms with Crippen LogP contribution in [0.25, 0.3) is 22.0 Å². The van der Waals surface area contributed by atoms with Crippen LogP contribution in [0, 0.1) is 12.7 Å². The number of rotatable bonds is 5. The molecule has 0 atom stereocenters. The summed E-state index contributed by atoms with van der Waals surface area (Å²) in [7, 11) is -3.65. The van der Waals surface area contributed by atoms with Crippen LogP contribution in [0.1, 0.15) is 18.1 Å². The molecule has 0 unspecified atom stereocenters. The second-order valence-corrected chi connectivity index (χ2v) is 9.95. The first kappa shape index (κ1) is 23.7. The second-order valence-electron chi connectivity index (χ2n) is 7.67. The molecule has 0 spiro atoms.